The molecule has 0 spiro atoms. The summed E-state index contributed by atoms with van der Waals surface area (Å²) < 4.78 is 29.1. The molecule has 0 saturated carbocycles. The molecule has 0 aliphatic heterocycles. The van der Waals surface area contributed by atoms with E-state index in [9.17, 15) is 23.3 Å². The van der Waals surface area contributed by atoms with E-state index in [0.29, 0.717) is 0 Å². The van der Waals surface area contributed by atoms with Gasteiger partial charge in [0, 0.05) is 12.1 Å². The van der Waals surface area contributed by atoms with E-state index in [4.69, 9.17) is 4.84 Å². The molecule has 132 valence electrons. The van der Waals surface area contributed by atoms with Crippen LogP contribution in [0.15, 0.2) is 53.4 Å². The van der Waals surface area contributed by atoms with Gasteiger partial charge in [0.1, 0.15) is 0 Å². The van der Waals surface area contributed by atoms with Gasteiger partial charge in [0.25, 0.3) is 15.7 Å². The van der Waals surface area contributed by atoms with Gasteiger partial charge in [0.05, 0.1) is 29.1 Å². The number of hydrogen-bond acceptors (Lipinski definition) is 7. The Balaban J connectivity index is 2.25. The summed E-state index contributed by atoms with van der Waals surface area (Å²) in [5.74, 6) is -1.02. The summed E-state index contributed by atoms with van der Waals surface area (Å²) in [7, 11) is -3.22. The van der Waals surface area contributed by atoms with E-state index in [-0.39, 0.29) is 6.61 Å². The number of benzene rings is 2. The topological polar surface area (TPSA) is 125 Å². The van der Waals surface area contributed by atoms with Crippen LogP contribution in [0.5, 0.6) is 0 Å². The van der Waals surface area contributed by atoms with Gasteiger partial charge < -0.3 is 4.74 Å². The Kier molecular flexibility index (Phi) is 5.80. The SMILES string of the molecule is COC(=O)c1cc([N+](=O)[O-])ccc1S(=O)(=O)NOCc1ccccc1. The molecule has 0 aliphatic carbocycles. The van der Waals surface area contributed by atoms with Crippen LogP contribution >= 0.6 is 0 Å². The minimum atomic E-state index is -4.25. The number of esters is 1. The third-order valence-electron chi connectivity index (χ3n) is 3.12. The number of sulfonamides is 1. The molecular formula is C15H14N2O7S. The maximum atomic E-state index is 12.3. The molecule has 0 atom stereocenters. The van der Waals surface area contributed by atoms with Crippen molar-refractivity contribution in [2.45, 2.75) is 11.5 Å². The second kappa shape index (κ2) is 7.83. The maximum absolute atomic E-state index is 12.3. The lowest BCUT2D eigenvalue weighted by Gasteiger charge is -2.10. The van der Waals surface area contributed by atoms with Crippen LogP contribution in [0, 0.1) is 10.1 Å². The van der Waals surface area contributed by atoms with Crippen molar-refractivity contribution in [2.24, 2.45) is 0 Å². The van der Waals surface area contributed by atoms with Crippen molar-refractivity contribution in [3.05, 3.63) is 69.8 Å². The highest BCUT2D eigenvalue weighted by molar-refractivity contribution is 7.89. The first-order valence-electron chi connectivity index (χ1n) is 6.89. The monoisotopic (exact) mass is 366 g/mol. The van der Waals surface area contributed by atoms with E-state index in [1.807, 2.05) is 4.89 Å². The fraction of sp³-hybridized carbons (Fsp3) is 0.133. The van der Waals surface area contributed by atoms with Crippen molar-refractivity contribution < 1.29 is 27.7 Å². The molecular weight excluding hydrogens is 352 g/mol. The van der Waals surface area contributed by atoms with Gasteiger partial charge in [-0.1, -0.05) is 35.2 Å². The van der Waals surface area contributed by atoms with Crippen molar-refractivity contribution in [1.82, 2.24) is 4.89 Å². The zero-order valence-electron chi connectivity index (χ0n) is 13.0. The van der Waals surface area contributed by atoms with Crippen LogP contribution in [0.1, 0.15) is 15.9 Å². The molecule has 0 aliphatic rings. The quantitative estimate of drug-likeness (QED) is 0.450. The number of nitrogens with zero attached hydrogens (tertiary/aromatic N) is 1. The van der Waals surface area contributed by atoms with Gasteiger partial charge in [0.2, 0.25) is 0 Å². The van der Waals surface area contributed by atoms with Gasteiger partial charge in [-0.25, -0.2) is 13.2 Å². The van der Waals surface area contributed by atoms with Crippen molar-refractivity contribution in [2.75, 3.05) is 7.11 Å². The van der Waals surface area contributed by atoms with E-state index in [0.717, 1.165) is 30.9 Å². The molecule has 2 rings (SSSR count). The Morgan fingerprint density at radius 3 is 2.48 bits per heavy atom. The molecule has 0 radical (unpaired) electrons. The number of ether oxygens (including phenoxy) is 1. The number of carbonyl (C=O) groups excluding carboxylic acids is 1. The van der Waals surface area contributed by atoms with Crippen LogP contribution in [0.3, 0.4) is 0 Å². The number of nitrogens with one attached hydrogen (secondary N) is 1. The summed E-state index contributed by atoms with van der Waals surface area (Å²) in [5.41, 5.74) is -0.181. The third kappa shape index (κ3) is 4.59. The first kappa shape index (κ1) is 18.5. The molecule has 10 heteroatoms. The third-order valence-corrected chi connectivity index (χ3v) is 4.39. The number of nitro groups is 1. The molecule has 0 heterocycles. The molecule has 0 saturated heterocycles. The number of rotatable bonds is 7. The summed E-state index contributed by atoms with van der Waals surface area (Å²) in [6, 6.07) is 11.5. The fourth-order valence-electron chi connectivity index (χ4n) is 1.94. The van der Waals surface area contributed by atoms with Gasteiger partial charge in [-0.05, 0) is 11.6 Å². The molecule has 0 aromatic heterocycles. The van der Waals surface area contributed by atoms with Gasteiger partial charge in [-0.2, -0.15) is 0 Å². The van der Waals surface area contributed by atoms with Gasteiger partial charge >= 0.3 is 5.97 Å². The zero-order valence-corrected chi connectivity index (χ0v) is 13.9. The summed E-state index contributed by atoms with van der Waals surface area (Å²) >= 11 is 0. The number of carbonyl (C=O) groups is 1. The molecule has 1 N–H and O–H groups in total. The Bertz CT molecular complexity index is 882. The lowest BCUT2D eigenvalue weighted by Crippen LogP contribution is -2.26. The van der Waals surface area contributed by atoms with Crippen LogP contribution in [0.25, 0.3) is 0 Å². The van der Waals surface area contributed by atoms with Crippen LogP contribution < -0.4 is 4.89 Å². The van der Waals surface area contributed by atoms with Crippen LogP contribution in [-0.4, -0.2) is 26.4 Å². The van der Waals surface area contributed by atoms with Crippen molar-refractivity contribution >= 4 is 21.7 Å². The molecule has 0 fully saturated rings. The van der Waals surface area contributed by atoms with Crippen molar-refractivity contribution in [3.63, 3.8) is 0 Å². The largest absolute Gasteiger partial charge is 0.465 e. The van der Waals surface area contributed by atoms with E-state index in [2.05, 4.69) is 4.74 Å². The van der Waals surface area contributed by atoms with Gasteiger partial charge in [0.15, 0.2) is 0 Å². The molecule has 25 heavy (non-hydrogen) atoms. The lowest BCUT2D eigenvalue weighted by atomic mass is 10.2. The number of hydrogen-bond donors (Lipinski definition) is 1. The predicted octanol–water partition coefficient (Wildman–Crippen LogP) is 1.79. The van der Waals surface area contributed by atoms with Gasteiger partial charge in [-0.15, -0.1) is 0 Å². The summed E-state index contributed by atoms with van der Waals surface area (Å²) in [5, 5.41) is 10.8. The fourth-order valence-corrected chi connectivity index (χ4v) is 2.93. The second-order valence-electron chi connectivity index (χ2n) is 4.79. The van der Waals surface area contributed by atoms with Crippen molar-refractivity contribution in [3.8, 4) is 0 Å². The normalized spacial score (nSPS) is 11.1. The highest BCUT2D eigenvalue weighted by atomic mass is 32.2. The zero-order chi connectivity index (χ0) is 18.4. The van der Waals surface area contributed by atoms with E-state index in [1.54, 1.807) is 30.3 Å². The van der Waals surface area contributed by atoms with Crippen LogP contribution in [0.4, 0.5) is 5.69 Å². The summed E-state index contributed by atoms with van der Waals surface area (Å²) in [6.07, 6.45) is 0. The first-order chi connectivity index (χ1) is 11.8. The number of methoxy groups -OCH3 is 1. The Hall–Kier alpha value is -2.82. The van der Waals surface area contributed by atoms with Crippen LogP contribution in [-0.2, 0) is 26.2 Å². The lowest BCUT2D eigenvalue weighted by molar-refractivity contribution is -0.384. The van der Waals surface area contributed by atoms with E-state index in [1.165, 1.54) is 0 Å². The molecule has 0 amide bonds. The number of non-ortho nitro benzene ring substituents is 1. The minimum absolute atomic E-state index is 0.0411. The smallest absolute Gasteiger partial charge is 0.339 e. The Morgan fingerprint density at radius 1 is 1.20 bits per heavy atom. The average molecular weight is 366 g/mol. The van der Waals surface area contributed by atoms with Gasteiger partial charge in [-0.3, -0.25) is 15.0 Å². The first-order valence-corrected chi connectivity index (χ1v) is 8.38. The standard InChI is InChI=1S/C15H14N2O7S/c1-23-15(18)13-9-12(17(19)20)7-8-14(13)25(21,22)16-24-10-11-5-3-2-4-6-11/h2-9,16H,10H2,1H3. The highest BCUT2D eigenvalue weighted by Gasteiger charge is 2.26. The summed E-state index contributed by atoms with van der Waals surface area (Å²) in [4.78, 5) is 28.2. The minimum Gasteiger partial charge on any atom is -0.465 e. The number of nitro benzene ring substituents is 1. The average Bonchev–Trinajstić information content (AvgIpc) is 2.61. The highest BCUT2D eigenvalue weighted by Crippen LogP contribution is 2.22. The van der Waals surface area contributed by atoms with Crippen LogP contribution in [0.2, 0.25) is 0 Å². The predicted molar refractivity (Wildman–Crippen MR) is 86.0 cm³/mol. The Morgan fingerprint density at radius 2 is 1.88 bits per heavy atom. The molecule has 0 bridgehead atoms. The van der Waals surface area contributed by atoms with E-state index < -0.39 is 37.1 Å². The molecule has 9 nitrogen and oxygen atoms in total. The second-order valence-corrected chi connectivity index (χ2v) is 6.40. The van der Waals surface area contributed by atoms with Crippen molar-refractivity contribution in [1.29, 1.82) is 0 Å². The summed E-state index contributed by atoms with van der Waals surface area (Å²) in [6.45, 7) is -0.0411. The molecule has 0 unspecified atom stereocenters. The molecule has 2 aromatic carbocycles. The molecule has 2 aromatic rings. The Labute approximate surface area is 143 Å². The van der Waals surface area contributed by atoms with E-state index >= 15 is 0 Å². The maximum Gasteiger partial charge on any atom is 0.339 e.